The monoisotopic (exact) mass is 848 g/mol. The van der Waals surface area contributed by atoms with E-state index in [2.05, 4.69) is 19.2 Å². The predicted octanol–water partition coefficient (Wildman–Crippen LogP) is 16.7. The highest BCUT2D eigenvalue weighted by Crippen LogP contribution is 2.18. The molecule has 0 aromatic carbocycles. The molecule has 0 aliphatic carbocycles. The van der Waals surface area contributed by atoms with Crippen molar-refractivity contribution in [1.82, 2.24) is 5.32 Å². The summed E-state index contributed by atoms with van der Waals surface area (Å²) in [7, 11) is 0. The molecule has 5 heteroatoms. The lowest BCUT2D eigenvalue weighted by Crippen LogP contribution is -2.48. The number of amides is 1. The molecule has 0 heterocycles. The Hall–Kier alpha value is -0.910. The molecule has 3 unspecified atom stereocenters. The number of hydrogen-bond donors (Lipinski definition) is 4. The summed E-state index contributed by atoms with van der Waals surface area (Å²) in [4.78, 5) is 12.5. The topological polar surface area (TPSA) is 89.8 Å². The van der Waals surface area contributed by atoms with Gasteiger partial charge < -0.3 is 20.6 Å². The van der Waals surface area contributed by atoms with E-state index in [0.717, 1.165) is 32.1 Å². The fraction of sp³-hybridized carbons (Fsp3) is 0.945. The SMILES string of the molecule is CCCCCCCCCCCCCCCCCCC/C=C/C(O)C(CO)NC(=O)C(O)CCCCCCCCCCCCCCCCCCCCCCCCCCCCC. The van der Waals surface area contributed by atoms with Crippen LogP contribution >= 0.6 is 0 Å². The third kappa shape index (κ3) is 45.1. The fourth-order valence-corrected chi connectivity index (χ4v) is 8.84. The van der Waals surface area contributed by atoms with Crippen molar-refractivity contribution in [3.8, 4) is 0 Å². The van der Waals surface area contributed by atoms with E-state index in [9.17, 15) is 20.1 Å². The van der Waals surface area contributed by atoms with Crippen LogP contribution in [0, 0.1) is 0 Å². The van der Waals surface area contributed by atoms with Crippen LogP contribution < -0.4 is 5.32 Å². The number of hydrogen-bond acceptors (Lipinski definition) is 4. The van der Waals surface area contributed by atoms with Crippen LogP contribution in [0.15, 0.2) is 12.2 Å². The van der Waals surface area contributed by atoms with Crippen molar-refractivity contribution in [1.29, 1.82) is 0 Å². The van der Waals surface area contributed by atoms with E-state index in [1.54, 1.807) is 6.08 Å². The standard InChI is InChI=1S/C55H109NO4/c1-3-5-7-9-11-13-15-17-19-21-23-24-25-26-27-28-29-30-32-34-36-38-40-42-44-46-48-50-54(59)55(60)56-52(51-57)53(58)49-47-45-43-41-39-37-35-33-31-22-20-18-16-14-12-10-8-6-4-2/h47,49,52-54,57-59H,3-46,48,50-51H2,1-2H3,(H,56,60)/b49-47+. The van der Waals surface area contributed by atoms with Crippen LogP contribution in [0.25, 0.3) is 0 Å². The Labute approximate surface area is 376 Å². The largest absolute Gasteiger partial charge is 0.394 e. The molecular weight excluding hydrogens is 739 g/mol. The van der Waals surface area contributed by atoms with E-state index in [4.69, 9.17) is 0 Å². The maximum absolute atomic E-state index is 12.5. The molecule has 0 saturated heterocycles. The van der Waals surface area contributed by atoms with Gasteiger partial charge in [-0.1, -0.05) is 302 Å². The van der Waals surface area contributed by atoms with Crippen molar-refractivity contribution in [3.63, 3.8) is 0 Å². The molecule has 0 aliphatic heterocycles. The number of aliphatic hydroxyl groups is 3. The Morgan fingerprint density at radius 3 is 0.917 bits per heavy atom. The predicted molar refractivity (Wildman–Crippen MR) is 264 cm³/mol. The van der Waals surface area contributed by atoms with E-state index in [1.807, 2.05) is 6.08 Å². The minimum atomic E-state index is -1.09. The smallest absolute Gasteiger partial charge is 0.249 e. The minimum Gasteiger partial charge on any atom is -0.394 e. The second kappa shape index (κ2) is 50.7. The summed E-state index contributed by atoms with van der Waals surface area (Å²) < 4.78 is 0. The maximum atomic E-state index is 12.5. The van der Waals surface area contributed by atoms with Gasteiger partial charge in [-0.2, -0.15) is 0 Å². The van der Waals surface area contributed by atoms with Gasteiger partial charge in [0.2, 0.25) is 5.91 Å². The molecule has 0 aromatic heterocycles. The highest BCUT2D eigenvalue weighted by molar-refractivity contribution is 5.80. The number of carbonyl (C=O) groups excluding carboxylic acids is 1. The molecule has 3 atom stereocenters. The van der Waals surface area contributed by atoms with Crippen molar-refractivity contribution in [2.45, 2.75) is 327 Å². The molecular formula is C55H109NO4. The third-order valence-electron chi connectivity index (χ3n) is 13.1. The summed E-state index contributed by atoms with van der Waals surface area (Å²) in [6.45, 7) is 4.22. The van der Waals surface area contributed by atoms with Gasteiger partial charge in [-0.15, -0.1) is 0 Å². The second-order valence-electron chi connectivity index (χ2n) is 19.2. The first kappa shape index (κ1) is 59.1. The van der Waals surface area contributed by atoms with Gasteiger partial charge in [0.15, 0.2) is 0 Å². The van der Waals surface area contributed by atoms with Crippen molar-refractivity contribution in [2.75, 3.05) is 6.61 Å². The Morgan fingerprint density at radius 2 is 0.650 bits per heavy atom. The number of aliphatic hydroxyl groups excluding tert-OH is 3. The molecule has 0 fully saturated rings. The van der Waals surface area contributed by atoms with Crippen molar-refractivity contribution in [2.24, 2.45) is 0 Å². The molecule has 0 saturated carbocycles. The zero-order valence-corrected chi connectivity index (χ0v) is 40.9. The first-order valence-corrected chi connectivity index (χ1v) is 27.5. The van der Waals surface area contributed by atoms with Crippen LogP contribution in [0.1, 0.15) is 309 Å². The van der Waals surface area contributed by atoms with E-state index in [1.165, 1.54) is 257 Å². The molecule has 0 bridgehead atoms. The van der Waals surface area contributed by atoms with Crippen LogP contribution in [0.5, 0.6) is 0 Å². The van der Waals surface area contributed by atoms with Crippen LogP contribution in [-0.2, 0) is 4.79 Å². The molecule has 0 aliphatic rings. The van der Waals surface area contributed by atoms with E-state index >= 15 is 0 Å². The maximum Gasteiger partial charge on any atom is 0.249 e. The Balaban J connectivity index is 3.53. The summed E-state index contributed by atoms with van der Waals surface area (Å²) >= 11 is 0. The summed E-state index contributed by atoms with van der Waals surface area (Å²) in [5.41, 5.74) is 0. The Morgan fingerprint density at radius 1 is 0.400 bits per heavy atom. The molecule has 60 heavy (non-hydrogen) atoms. The third-order valence-corrected chi connectivity index (χ3v) is 13.1. The summed E-state index contributed by atoms with van der Waals surface area (Å²) in [5.74, 6) is -0.496. The van der Waals surface area contributed by atoms with Gasteiger partial charge in [0.05, 0.1) is 18.8 Å². The molecule has 5 nitrogen and oxygen atoms in total. The average Bonchev–Trinajstić information content (AvgIpc) is 3.25. The summed E-state index contributed by atoms with van der Waals surface area (Å²) in [6.07, 6.45) is 62.9. The van der Waals surface area contributed by atoms with Crippen molar-refractivity contribution < 1.29 is 20.1 Å². The van der Waals surface area contributed by atoms with Gasteiger partial charge >= 0.3 is 0 Å². The second-order valence-corrected chi connectivity index (χ2v) is 19.2. The molecule has 0 radical (unpaired) electrons. The summed E-state index contributed by atoms with van der Waals surface area (Å²) in [5, 5.41) is 33.3. The Bertz CT molecular complexity index is 848. The number of carbonyl (C=O) groups is 1. The fourth-order valence-electron chi connectivity index (χ4n) is 8.84. The Kier molecular flexibility index (Phi) is 50.0. The van der Waals surface area contributed by atoms with Crippen LogP contribution in [0.2, 0.25) is 0 Å². The molecule has 4 N–H and O–H groups in total. The molecule has 1 amide bonds. The zero-order chi connectivity index (χ0) is 43.7. The normalized spacial score (nSPS) is 13.3. The number of allylic oxidation sites excluding steroid dienone is 1. The molecule has 0 aromatic rings. The number of rotatable bonds is 51. The van der Waals surface area contributed by atoms with Gasteiger partial charge in [-0.25, -0.2) is 0 Å². The van der Waals surface area contributed by atoms with Gasteiger partial charge in [-0.05, 0) is 19.3 Å². The van der Waals surface area contributed by atoms with Crippen LogP contribution in [0.4, 0.5) is 0 Å². The highest BCUT2D eigenvalue weighted by atomic mass is 16.3. The van der Waals surface area contributed by atoms with E-state index in [0.29, 0.717) is 6.42 Å². The van der Waals surface area contributed by atoms with E-state index in [-0.39, 0.29) is 6.61 Å². The van der Waals surface area contributed by atoms with E-state index < -0.39 is 24.2 Å². The lowest BCUT2D eigenvalue weighted by Gasteiger charge is -2.21. The number of nitrogens with one attached hydrogen (secondary N) is 1. The molecule has 0 spiro atoms. The quantitative estimate of drug-likeness (QED) is 0.0363. The van der Waals surface area contributed by atoms with Crippen LogP contribution in [0.3, 0.4) is 0 Å². The lowest BCUT2D eigenvalue weighted by molar-refractivity contribution is -0.131. The highest BCUT2D eigenvalue weighted by Gasteiger charge is 2.22. The first-order chi connectivity index (χ1) is 29.6. The molecule has 358 valence electrons. The van der Waals surface area contributed by atoms with Crippen molar-refractivity contribution >= 4 is 5.91 Å². The summed E-state index contributed by atoms with van der Waals surface area (Å²) in [6, 6.07) is -0.794. The number of unbranched alkanes of at least 4 members (excludes halogenated alkanes) is 43. The minimum absolute atomic E-state index is 0.358. The van der Waals surface area contributed by atoms with Gasteiger partial charge in [0.1, 0.15) is 6.10 Å². The van der Waals surface area contributed by atoms with Crippen molar-refractivity contribution in [3.05, 3.63) is 12.2 Å². The molecule has 0 rings (SSSR count). The zero-order valence-electron chi connectivity index (χ0n) is 40.9. The lowest BCUT2D eigenvalue weighted by atomic mass is 10.0. The van der Waals surface area contributed by atoms with Gasteiger partial charge in [0, 0.05) is 0 Å². The first-order valence-electron chi connectivity index (χ1n) is 27.5. The average molecular weight is 848 g/mol. The van der Waals surface area contributed by atoms with Gasteiger partial charge in [-0.3, -0.25) is 4.79 Å². The van der Waals surface area contributed by atoms with Crippen LogP contribution in [-0.4, -0.2) is 46.1 Å². The van der Waals surface area contributed by atoms with Gasteiger partial charge in [0.25, 0.3) is 0 Å².